The SMILES string of the molecule is Cc1cc(C(C)C)c(NC(=O)NS(=O)(=O)c2nc(NCCN(C)C)cnc2C)c(C(C)C)c1. The van der Waals surface area contributed by atoms with Gasteiger partial charge < -0.3 is 15.5 Å². The number of amides is 2. The number of anilines is 2. The third kappa shape index (κ3) is 7.13. The summed E-state index contributed by atoms with van der Waals surface area (Å²) in [5, 5.41) is 5.54. The van der Waals surface area contributed by atoms with Crippen molar-refractivity contribution in [1.29, 1.82) is 0 Å². The zero-order chi connectivity index (χ0) is 24.9. The number of carbonyl (C=O) groups is 1. The molecule has 0 atom stereocenters. The van der Waals surface area contributed by atoms with Gasteiger partial charge in [0.2, 0.25) is 0 Å². The number of urea groups is 1. The van der Waals surface area contributed by atoms with Gasteiger partial charge in [0.1, 0.15) is 5.82 Å². The predicted octanol–water partition coefficient (Wildman–Crippen LogP) is 3.82. The van der Waals surface area contributed by atoms with Gasteiger partial charge in [0.05, 0.1) is 11.9 Å². The molecule has 1 aromatic heterocycles. The molecule has 182 valence electrons. The molecule has 2 rings (SSSR count). The fraction of sp³-hybridized carbons (Fsp3) is 0.522. The third-order valence-corrected chi connectivity index (χ3v) is 6.43. The van der Waals surface area contributed by atoms with E-state index in [0.29, 0.717) is 18.1 Å². The molecule has 9 nitrogen and oxygen atoms in total. The lowest BCUT2D eigenvalue weighted by atomic mass is 9.90. The number of nitrogens with one attached hydrogen (secondary N) is 3. The van der Waals surface area contributed by atoms with Crippen LogP contribution in [-0.4, -0.2) is 56.5 Å². The molecule has 2 amide bonds. The molecule has 0 aliphatic heterocycles. The van der Waals surface area contributed by atoms with Crippen LogP contribution in [0.2, 0.25) is 0 Å². The van der Waals surface area contributed by atoms with Crippen molar-refractivity contribution in [3.05, 3.63) is 40.7 Å². The van der Waals surface area contributed by atoms with Crippen molar-refractivity contribution in [2.24, 2.45) is 0 Å². The Balaban J connectivity index is 2.29. The first kappa shape index (κ1) is 26.5. The van der Waals surface area contributed by atoms with E-state index in [0.717, 1.165) is 23.2 Å². The van der Waals surface area contributed by atoms with Gasteiger partial charge in [-0.1, -0.05) is 45.4 Å². The highest BCUT2D eigenvalue weighted by Crippen LogP contribution is 2.33. The molecule has 0 fully saturated rings. The van der Waals surface area contributed by atoms with Crippen LogP contribution in [0, 0.1) is 13.8 Å². The van der Waals surface area contributed by atoms with Crippen LogP contribution >= 0.6 is 0 Å². The number of rotatable bonds is 9. The highest BCUT2D eigenvalue weighted by molar-refractivity contribution is 7.90. The maximum Gasteiger partial charge on any atom is 0.333 e. The van der Waals surface area contributed by atoms with E-state index in [1.165, 1.54) is 13.1 Å². The van der Waals surface area contributed by atoms with Crippen LogP contribution in [-0.2, 0) is 10.0 Å². The lowest BCUT2D eigenvalue weighted by Gasteiger charge is -2.21. The predicted molar refractivity (Wildman–Crippen MR) is 133 cm³/mol. The summed E-state index contributed by atoms with van der Waals surface area (Å²) in [5.74, 6) is 0.616. The molecule has 10 heteroatoms. The Kier molecular flexibility index (Phi) is 8.79. The molecule has 2 aromatic rings. The van der Waals surface area contributed by atoms with Crippen molar-refractivity contribution in [1.82, 2.24) is 19.6 Å². The molecule has 1 aromatic carbocycles. The van der Waals surface area contributed by atoms with E-state index in [1.807, 2.05) is 65.7 Å². The number of sulfonamides is 1. The molecule has 0 saturated heterocycles. The van der Waals surface area contributed by atoms with Crippen molar-refractivity contribution >= 4 is 27.6 Å². The Bertz CT molecular complexity index is 1070. The van der Waals surface area contributed by atoms with Gasteiger partial charge >= 0.3 is 6.03 Å². The first-order valence-corrected chi connectivity index (χ1v) is 12.5. The molecule has 3 N–H and O–H groups in total. The van der Waals surface area contributed by atoms with Gasteiger partial charge in [0, 0.05) is 18.8 Å². The Morgan fingerprint density at radius 1 is 1.06 bits per heavy atom. The van der Waals surface area contributed by atoms with E-state index >= 15 is 0 Å². The summed E-state index contributed by atoms with van der Waals surface area (Å²) in [4.78, 5) is 23.1. The number of benzene rings is 1. The first-order valence-electron chi connectivity index (χ1n) is 11.0. The van der Waals surface area contributed by atoms with E-state index in [1.54, 1.807) is 0 Å². The molecule has 0 aliphatic rings. The van der Waals surface area contributed by atoms with Gasteiger partial charge in [-0.15, -0.1) is 0 Å². The second-order valence-corrected chi connectivity index (χ2v) is 10.7. The molecule has 33 heavy (non-hydrogen) atoms. The fourth-order valence-electron chi connectivity index (χ4n) is 3.39. The molecule has 1 heterocycles. The average Bonchev–Trinajstić information content (AvgIpc) is 2.69. The number of aromatic nitrogens is 2. The van der Waals surface area contributed by atoms with Gasteiger partial charge in [0.25, 0.3) is 10.0 Å². The molecule has 0 spiro atoms. The molecule has 0 bridgehead atoms. The molecular formula is C23H36N6O3S. The minimum absolute atomic E-state index is 0.146. The lowest BCUT2D eigenvalue weighted by Crippen LogP contribution is -2.36. The summed E-state index contributed by atoms with van der Waals surface area (Å²) in [5.41, 5.74) is 3.84. The van der Waals surface area contributed by atoms with E-state index in [4.69, 9.17) is 0 Å². The summed E-state index contributed by atoms with van der Waals surface area (Å²) in [6.45, 7) is 13.0. The Morgan fingerprint density at radius 3 is 2.15 bits per heavy atom. The van der Waals surface area contributed by atoms with Gasteiger partial charge in [-0.2, -0.15) is 8.42 Å². The van der Waals surface area contributed by atoms with Crippen LogP contribution in [0.3, 0.4) is 0 Å². The molecule has 0 unspecified atom stereocenters. The largest absolute Gasteiger partial charge is 0.367 e. The van der Waals surface area contributed by atoms with Gasteiger partial charge in [-0.25, -0.2) is 14.5 Å². The maximum atomic E-state index is 13.0. The third-order valence-electron chi connectivity index (χ3n) is 5.08. The van der Waals surface area contributed by atoms with Crippen LogP contribution in [0.25, 0.3) is 0 Å². The van der Waals surface area contributed by atoms with Crippen LogP contribution in [0.5, 0.6) is 0 Å². The Morgan fingerprint density at radius 2 is 1.64 bits per heavy atom. The summed E-state index contributed by atoms with van der Waals surface area (Å²) in [6.07, 6.45) is 1.47. The topological polar surface area (TPSA) is 116 Å². The normalized spacial score (nSPS) is 11.8. The first-order chi connectivity index (χ1) is 15.3. The maximum absolute atomic E-state index is 13.0. The summed E-state index contributed by atoms with van der Waals surface area (Å²) in [7, 11) is -0.365. The van der Waals surface area contributed by atoms with Crippen molar-refractivity contribution in [3.8, 4) is 0 Å². The summed E-state index contributed by atoms with van der Waals surface area (Å²) in [6, 6.07) is 3.19. The highest BCUT2D eigenvalue weighted by atomic mass is 32.2. The number of hydrogen-bond donors (Lipinski definition) is 3. The van der Waals surface area contributed by atoms with Gasteiger partial charge in [0.15, 0.2) is 5.03 Å². The number of aryl methyl sites for hydroxylation is 2. The zero-order valence-electron chi connectivity index (χ0n) is 20.8. The van der Waals surface area contributed by atoms with Crippen LogP contribution < -0.4 is 15.4 Å². The molecule has 0 saturated carbocycles. The molecule has 0 radical (unpaired) electrons. The lowest BCUT2D eigenvalue weighted by molar-refractivity contribution is 0.256. The smallest absolute Gasteiger partial charge is 0.333 e. The molecule has 0 aliphatic carbocycles. The van der Waals surface area contributed by atoms with E-state index in [9.17, 15) is 13.2 Å². The second kappa shape index (κ2) is 10.9. The monoisotopic (exact) mass is 476 g/mol. The Hall–Kier alpha value is -2.72. The van der Waals surface area contributed by atoms with Crippen LogP contribution in [0.15, 0.2) is 23.4 Å². The highest BCUT2D eigenvalue weighted by Gasteiger charge is 2.25. The standard InChI is InChI=1S/C23H36N6O3S/c1-14(2)18-11-16(5)12-19(15(3)4)21(18)27-23(30)28-33(31,32)22-17(6)25-13-20(26-22)24-9-10-29(7)8/h11-15H,9-10H2,1-8H3,(H,24,26)(H2,27,28,30). The van der Waals surface area contributed by atoms with Gasteiger partial charge in [-0.3, -0.25) is 4.98 Å². The van der Waals surface area contributed by atoms with Crippen molar-refractivity contribution in [2.75, 3.05) is 37.8 Å². The van der Waals surface area contributed by atoms with Crippen LogP contribution in [0.1, 0.15) is 61.9 Å². The Labute approximate surface area is 197 Å². The number of likely N-dealkylation sites (N-methyl/N-ethyl adjacent to an activating group) is 1. The van der Waals surface area contributed by atoms with Crippen LogP contribution in [0.4, 0.5) is 16.3 Å². The van der Waals surface area contributed by atoms with Crippen molar-refractivity contribution in [3.63, 3.8) is 0 Å². The minimum atomic E-state index is -4.23. The van der Waals surface area contributed by atoms with Crippen molar-refractivity contribution < 1.29 is 13.2 Å². The van der Waals surface area contributed by atoms with Crippen molar-refractivity contribution in [2.45, 2.75) is 58.4 Å². The summed E-state index contributed by atoms with van der Waals surface area (Å²) >= 11 is 0. The number of carbonyl (C=O) groups excluding carboxylic acids is 1. The minimum Gasteiger partial charge on any atom is -0.367 e. The summed E-state index contributed by atoms with van der Waals surface area (Å²) < 4.78 is 28.0. The fourth-order valence-corrected chi connectivity index (χ4v) is 4.44. The van der Waals surface area contributed by atoms with E-state index in [-0.39, 0.29) is 22.6 Å². The van der Waals surface area contributed by atoms with Gasteiger partial charge in [-0.05, 0) is 50.9 Å². The quantitative estimate of drug-likeness (QED) is 0.504. The molecular weight excluding hydrogens is 440 g/mol. The van der Waals surface area contributed by atoms with E-state index in [2.05, 4.69) is 25.3 Å². The zero-order valence-corrected chi connectivity index (χ0v) is 21.6. The number of nitrogens with zero attached hydrogens (tertiary/aromatic N) is 3. The second-order valence-electron chi connectivity index (χ2n) is 9.06. The number of hydrogen-bond acceptors (Lipinski definition) is 7. The average molecular weight is 477 g/mol. The van der Waals surface area contributed by atoms with E-state index < -0.39 is 16.1 Å².